The lowest BCUT2D eigenvalue weighted by atomic mass is 10.1. The Morgan fingerprint density at radius 3 is 2.57 bits per heavy atom. The fourth-order valence-electron chi connectivity index (χ4n) is 2.23. The Kier molecular flexibility index (Phi) is 5.42. The van der Waals surface area contributed by atoms with Gasteiger partial charge in [-0.25, -0.2) is 8.78 Å². The molecule has 4 heteroatoms. The molecule has 0 spiro atoms. The minimum Gasteiger partial charge on any atom is -0.380 e. The van der Waals surface area contributed by atoms with E-state index in [9.17, 15) is 8.78 Å². The van der Waals surface area contributed by atoms with E-state index in [4.69, 9.17) is 4.74 Å². The molecule has 0 saturated carbocycles. The van der Waals surface area contributed by atoms with Gasteiger partial charge < -0.3 is 10.1 Å². The third kappa shape index (κ3) is 4.09. The molecule has 1 unspecified atom stereocenters. The molecule has 0 aliphatic heterocycles. The van der Waals surface area contributed by atoms with Gasteiger partial charge >= 0.3 is 0 Å². The van der Waals surface area contributed by atoms with Gasteiger partial charge in [-0.05, 0) is 24.1 Å². The van der Waals surface area contributed by atoms with E-state index >= 15 is 0 Å². The zero-order chi connectivity index (χ0) is 15.2. The first-order valence-electron chi connectivity index (χ1n) is 6.86. The summed E-state index contributed by atoms with van der Waals surface area (Å²) in [6.07, 6.45) is 0. The number of ether oxygens (including phenoxy) is 1. The van der Waals surface area contributed by atoms with Gasteiger partial charge in [0.25, 0.3) is 0 Å². The molecule has 0 amide bonds. The number of hydrogen-bond donors (Lipinski definition) is 1. The molecule has 0 bridgehead atoms. The lowest BCUT2D eigenvalue weighted by Crippen LogP contribution is -2.19. The number of rotatable bonds is 6. The van der Waals surface area contributed by atoms with E-state index in [0.717, 1.165) is 17.2 Å². The van der Waals surface area contributed by atoms with Crippen LogP contribution in [0.2, 0.25) is 0 Å². The number of methoxy groups -OCH3 is 1. The summed E-state index contributed by atoms with van der Waals surface area (Å²) in [6.45, 7) is 2.95. The summed E-state index contributed by atoms with van der Waals surface area (Å²) in [5.74, 6) is -1.60. The molecule has 0 saturated heterocycles. The van der Waals surface area contributed by atoms with E-state index in [2.05, 4.69) is 5.32 Å². The van der Waals surface area contributed by atoms with Crippen molar-refractivity contribution >= 4 is 0 Å². The van der Waals surface area contributed by atoms with Crippen LogP contribution in [0.3, 0.4) is 0 Å². The molecule has 1 N–H and O–H groups in total. The van der Waals surface area contributed by atoms with Crippen molar-refractivity contribution < 1.29 is 13.5 Å². The SMILES string of the molecule is COCc1cccc(CNC(C)c2cccc(F)c2F)c1. The fourth-order valence-corrected chi connectivity index (χ4v) is 2.23. The van der Waals surface area contributed by atoms with Crippen LogP contribution in [0.15, 0.2) is 42.5 Å². The topological polar surface area (TPSA) is 21.3 Å². The van der Waals surface area contributed by atoms with Crippen LogP contribution in [0.1, 0.15) is 29.7 Å². The van der Waals surface area contributed by atoms with Crippen molar-refractivity contribution in [2.24, 2.45) is 0 Å². The Hall–Kier alpha value is -1.78. The second-order valence-corrected chi connectivity index (χ2v) is 5.00. The minimum absolute atomic E-state index is 0.271. The standard InChI is InChI=1S/C17H19F2NO/c1-12(15-7-4-8-16(18)17(15)19)20-10-13-5-3-6-14(9-13)11-21-2/h3-9,12,20H,10-11H2,1-2H3. The summed E-state index contributed by atoms with van der Waals surface area (Å²) in [7, 11) is 1.65. The number of hydrogen-bond acceptors (Lipinski definition) is 2. The van der Waals surface area contributed by atoms with Crippen LogP contribution in [0.4, 0.5) is 8.78 Å². The highest BCUT2D eigenvalue weighted by Gasteiger charge is 2.13. The van der Waals surface area contributed by atoms with E-state index < -0.39 is 11.6 Å². The summed E-state index contributed by atoms with van der Waals surface area (Å²) >= 11 is 0. The molecule has 2 rings (SSSR count). The molecule has 2 aromatic rings. The summed E-state index contributed by atoms with van der Waals surface area (Å²) in [6, 6.07) is 11.9. The fraction of sp³-hybridized carbons (Fsp3) is 0.294. The molecule has 0 aliphatic rings. The van der Waals surface area contributed by atoms with Gasteiger partial charge in [0.05, 0.1) is 6.61 Å². The molecular weight excluding hydrogens is 272 g/mol. The zero-order valence-electron chi connectivity index (χ0n) is 12.2. The lowest BCUT2D eigenvalue weighted by molar-refractivity contribution is 0.185. The summed E-state index contributed by atoms with van der Waals surface area (Å²) in [4.78, 5) is 0. The first-order valence-corrected chi connectivity index (χ1v) is 6.86. The van der Waals surface area contributed by atoms with Crippen molar-refractivity contribution in [3.8, 4) is 0 Å². The second kappa shape index (κ2) is 7.29. The number of benzene rings is 2. The van der Waals surface area contributed by atoms with E-state index in [-0.39, 0.29) is 6.04 Å². The Morgan fingerprint density at radius 1 is 1.10 bits per heavy atom. The second-order valence-electron chi connectivity index (χ2n) is 5.00. The van der Waals surface area contributed by atoms with Crippen LogP contribution < -0.4 is 5.32 Å². The van der Waals surface area contributed by atoms with Gasteiger partial charge in [-0.2, -0.15) is 0 Å². The van der Waals surface area contributed by atoms with Gasteiger partial charge in [0.2, 0.25) is 0 Å². The van der Waals surface area contributed by atoms with Crippen LogP contribution in [0.25, 0.3) is 0 Å². The van der Waals surface area contributed by atoms with Crippen LogP contribution in [-0.4, -0.2) is 7.11 Å². The van der Waals surface area contributed by atoms with Crippen molar-refractivity contribution in [1.29, 1.82) is 0 Å². The molecule has 1 atom stereocenters. The predicted molar refractivity (Wildman–Crippen MR) is 78.8 cm³/mol. The van der Waals surface area contributed by atoms with E-state index in [0.29, 0.717) is 18.7 Å². The molecule has 0 aliphatic carbocycles. The minimum atomic E-state index is -0.816. The molecule has 0 fully saturated rings. The van der Waals surface area contributed by atoms with Crippen LogP contribution in [0.5, 0.6) is 0 Å². The van der Waals surface area contributed by atoms with Crippen LogP contribution >= 0.6 is 0 Å². The highest BCUT2D eigenvalue weighted by Crippen LogP contribution is 2.19. The molecule has 0 radical (unpaired) electrons. The molecule has 2 aromatic carbocycles. The highest BCUT2D eigenvalue weighted by atomic mass is 19.2. The normalized spacial score (nSPS) is 12.4. The zero-order valence-corrected chi connectivity index (χ0v) is 12.2. The van der Waals surface area contributed by atoms with E-state index in [1.807, 2.05) is 31.2 Å². The number of nitrogens with one attached hydrogen (secondary N) is 1. The first-order chi connectivity index (χ1) is 10.1. The third-order valence-electron chi connectivity index (χ3n) is 3.36. The van der Waals surface area contributed by atoms with Crippen LogP contribution in [-0.2, 0) is 17.9 Å². The lowest BCUT2D eigenvalue weighted by Gasteiger charge is -2.15. The van der Waals surface area contributed by atoms with Gasteiger partial charge in [-0.15, -0.1) is 0 Å². The predicted octanol–water partition coefficient (Wildman–Crippen LogP) is 3.96. The Balaban J connectivity index is 2.02. The Bertz CT molecular complexity index is 601. The molecule has 0 heterocycles. The maximum Gasteiger partial charge on any atom is 0.163 e. The summed E-state index contributed by atoms with van der Waals surface area (Å²) in [5, 5.41) is 3.21. The molecular formula is C17H19F2NO. The highest BCUT2D eigenvalue weighted by molar-refractivity contribution is 5.24. The first kappa shape index (κ1) is 15.6. The Labute approximate surface area is 123 Å². The van der Waals surface area contributed by atoms with Crippen molar-refractivity contribution in [2.45, 2.75) is 26.1 Å². The van der Waals surface area contributed by atoms with Crippen molar-refractivity contribution in [2.75, 3.05) is 7.11 Å². The average molecular weight is 291 g/mol. The Morgan fingerprint density at radius 2 is 1.81 bits per heavy atom. The number of halogens is 2. The van der Waals surface area contributed by atoms with Gasteiger partial charge in [0.1, 0.15) is 0 Å². The van der Waals surface area contributed by atoms with Crippen molar-refractivity contribution in [3.05, 3.63) is 70.8 Å². The van der Waals surface area contributed by atoms with E-state index in [1.165, 1.54) is 6.07 Å². The third-order valence-corrected chi connectivity index (χ3v) is 3.36. The molecule has 2 nitrogen and oxygen atoms in total. The van der Waals surface area contributed by atoms with Crippen molar-refractivity contribution in [1.82, 2.24) is 5.32 Å². The van der Waals surface area contributed by atoms with Gasteiger partial charge in [-0.3, -0.25) is 0 Å². The monoisotopic (exact) mass is 291 g/mol. The van der Waals surface area contributed by atoms with Crippen molar-refractivity contribution in [3.63, 3.8) is 0 Å². The molecule has 0 aromatic heterocycles. The van der Waals surface area contributed by atoms with Gasteiger partial charge in [-0.1, -0.05) is 36.4 Å². The smallest absolute Gasteiger partial charge is 0.163 e. The summed E-state index contributed by atoms with van der Waals surface area (Å²) in [5.41, 5.74) is 2.50. The summed E-state index contributed by atoms with van der Waals surface area (Å²) < 4.78 is 32.0. The van der Waals surface area contributed by atoms with Crippen LogP contribution in [0, 0.1) is 11.6 Å². The average Bonchev–Trinajstić information content (AvgIpc) is 2.48. The van der Waals surface area contributed by atoms with Gasteiger partial charge in [0.15, 0.2) is 11.6 Å². The van der Waals surface area contributed by atoms with E-state index in [1.54, 1.807) is 13.2 Å². The maximum atomic E-state index is 13.7. The molecule has 112 valence electrons. The van der Waals surface area contributed by atoms with Gasteiger partial charge in [0, 0.05) is 25.3 Å². The molecule has 21 heavy (non-hydrogen) atoms. The maximum absolute atomic E-state index is 13.7. The largest absolute Gasteiger partial charge is 0.380 e. The quantitative estimate of drug-likeness (QED) is 0.869.